The second-order valence-electron chi connectivity index (χ2n) is 4.61. The fourth-order valence-corrected chi connectivity index (χ4v) is 2.83. The van der Waals surface area contributed by atoms with Gasteiger partial charge >= 0.3 is 0 Å². The van der Waals surface area contributed by atoms with Gasteiger partial charge in [-0.2, -0.15) is 0 Å². The molecule has 0 fully saturated rings. The van der Waals surface area contributed by atoms with E-state index in [4.69, 9.17) is 16.1 Å². The predicted molar refractivity (Wildman–Crippen MR) is 80.1 cm³/mol. The topological polar surface area (TPSA) is 58.4 Å². The highest BCUT2D eigenvalue weighted by atomic mass is 35.5. The highest BCUT2D eigenvalue weighted by Crippen LogP contribution is 2.23. The molecule has 7 heteroatoms. The third-order valence-corrected chi connectivity index (χ3v) is 4.17. The zero-order chi connectivity index (χ0) is 14.7. The van der Waals surface area contributed by atoms with Crippen LogP contribution in [0.25, 0.3) is 0 Å². The van der Waals surface area contributed by atoms with Crippen molar-refractivity contribution in [2.24, 2.45) is 0 Å². The van der Waals surface area contributed by atoms with Crippen molar-refractivity contribution >= 4 is 34.7 Å². The fourth-order valence-electron chi connectivity index (χ4n) is 1.68. The van der Waals surface area contributed by atoms with E-state index in [2.05, 4.69) is 10.5 Å². The number of carbonyl (C=O) groups excluding carboxylic acids is 1. The maximum absolute atomic E-state index is 12.1. The van der Waals surface area contributed by atoms with E-state index in [9.17, 15) is 4.79 Å². The lowest BCUT2D eigenvalue weighted by atomic mass is 10.2. The van der Waals surface area contributed by atoms with Crippen LogP contribution >= 0.6 is 22.9 Å². The molecule has 0 saturated carbocycles. The van der Waals surface area contributed by atoms with Crippen molar-refractivity contribution in [3.63, 3.8) is 0 Å². The molecule has 1 amide bonds. The summed E-state index contributed by atoms with van der Waals surface area (Å²) in [6.07, 6.45) is 0. The van der Waals surface area contributed by atoms with Crippen LogP contribution in [0.2, 0.25) is 4.34 Å². The predicted octanol–water partition coefficient (Wildman–Crippen LogP) is 3.16. The van der Waals surface area contributed by atoms with Crippen molar-refractivity contribution in [3.05, 3.63) is 33.2 Å². The van der Waals surface area contributed by atoms with Crippen molar-refractivity contribution < 1.29 is 9.32 Å². The molecule has 2 aromatic rings. The lowest BCUT2D eigenvalue weighted by Crippen LogP contribution is -2.39. The first-order chi connectivity index (χ1) is 9.45. The van der Waals surface area contributed by atoms with Gasteiger partial charge in [-0.05, 0) is 33.0 Å². The van der Waals surface area contributed by atoms with E-state index in [1.807, 2.05) is 31.0 Å². The van der Waals surface area contributed by atoms with Crippen molar-refractivity contribution in [2.45, 2.75) is 26.4 Å². The van der Waals surface area contributed by atoms with Crippen LogP contribution in [0.3, 0.4) is 0 Å². The number of aromatic nitrogens is 1. The smallest absolute Gasteiger partial charge is 0.242 e. The Kier molecular flexibility index (Phi) is 4.80. The monoisotopic (exact) mass is 313 g/mol. The minimum absolute atomic E-state index is 0.122. The number of aryl methyl sites for hydroxylation is 1. The maximum atomic E-state index is 12.1. The van der Waals surface area contributed by atoms with Gasteiger partial charge in [-0.3, -0.25) is 9.69 Å². The number of amides is 1. The Hall–Kier alpha value is -1.37. The first kappa shape index (κ1) is 15.0. The second-order valence-corrected chi connectivity index (χ2v) is 6.41. The molecule has 0 aromatic carbocycles. The second kappa shape index (κ2) is 6.39. The van der Waals surface area contributed by atoms with Gasteiger partial charge in [0.25, 0.3) is 0 Å². The first-order valence-corrected chi connectivity index (χ1v) is 7.34. The molecule has 1 N–H and O–H groups in total. The Morgan fingerprint density at radius 3 is 2.90 bits per heavy atom. The van der Waals surface area contributed by atoms with Crippen LogP contribution in [0.5, 0.6) is 0 Å². The zero-order valence-electron chi connectivity index (χ0n) is 11.5. The van der Waals surface area contributed by atoms with Crippen molar-refractivity contribution in [1.82, 2.24) is 10.1 Å². The highest BCUT2D eigenvalue weighted by molar-refractivity contribution is 7.16. The number of nitrogens with zero attached hydrogens (tertiary/aromatic N) is 2. The molecule has 0 radical (unpaired) electrons. The summed E-state index contributed by atoms with van der Waals surface area (Å²) in [6.45, 7) is 4.29. The summed E-state index contributed by atoms with van der Waals surface area (Å²) < 4.78 is 5.67. The minimum atomic E-state index is -0.284. The molecule has 1 unspecified atom stereocenters. The van der Waals surface area contributed by atoms with Gasteiger partial charge < -0.3 is 9.84 Å². The number of nitrogens with one attached hydrogen (secondary N) is 1. The fraction of sp³-hybridized carbons (Fsp3) is 0.385. The number of hydrogen-bond acceptors (Lipinski definition) is 5. The summed E-state index contributed by atoms with van der Waals surface area (Å²) in [5, 5.41) is 6.47. The van der Waals surface area contributed by atoms with Crippen LogP contribution in [0, 0.1) is 6.92 Å². The maximum Gasteiger partial charge on any atom is 0.242 e. The first-order valence-electron chi connectivity index (χ1n) is 6.14. The van der Waals surface area contributed by atoms with Crippen molar-refractivity contribution in [1.29, 1.82) is 0 Å². The molecule has 0 saturated heterocycles. The Morgan fingerprint density at radius 1 is 1.60 bits per heavy atom. The van der Waals surface area contributed by atoms with Crippen LogP contribution < -0.4 is 5.32 Å². The van der Waals surface area contributed by atoms with E-state index in [0.717, 1.165) is 9.21 Å². The van der Waals surface area contributed by atoms with Crippen LogP contribution in [0.15, 0.2) is 22.7 Å². The van der Waals surface area contributed by atoms with Crippen molar-refractivity contribution in [2.75, 3.05) is 12.4 Å². The van der Waals surface area contributed by atoms with Gasteiger partial charge in [-0.15, -0.1) is 11.3 Å². The van der Waals surface area contributed by atoms with E-state index in [1.165, 1.54) is 11.3 Å². The Balaban J connectivity index is 1.92. The van der Waals surface area contributed by atoms with E-state index >= 15 is 0 Å². The molecule has 2 rings (SSSR count). The quantitative estimate of drug-likeness (QED) is 0.921. The number of halogens is 1. The molecule has 5 nitrogen and oxygen atoms in total. The third-order valence-electron chi connectivity index (χ3n) is 2.95. The molecule has 1 atom stereocenters. The van der Waals surface area contributed by atoms with Gasteiger partial charge in [-0.25, -0.2) is 0 Å². The van der Waals surface area contributed by atoms with E-state index in [-0.39, 0.29) is 11.9 Å². The summed E-state index contributed by atoms with van der Waals surface area (Å²) in [6, 6.07) is 5.23. The molecule has 2 heterocycles. The van der Waals surface area contributed by atoms with Gasteiger partial charge in [-0.1, -0.05) is 16.8 Å². The summed E-state index contributed by atoms with van der Waals surface area (Å²) >= 11 is 7.41. The summed E-state index contributed by atoms with van der Waals surface area (Å²) in [5.74, 6) is 0.977. The Morgan fingerprint density at radius 2 is 2.35 bits per heavy atom. The SMILES string of the molecule is Cc1cc(NC(=O)C(C)N(C)Cc2ccc(Cl)s2)no1. The van der Waals surface area contributed by atoms with Gasteiger partial charge in [0.1, 0.15) is 5.76 Å². The summed E-state index contributed by atoms with van der Waals surface area (Å²) in [5.41, 5.74) is 0. The summed E-state index contributed by atoms with van der Waals surface area (Å²) in [7, 11) is 1.89. The normalized spacial score (nSPS) is 12.7. The third kappa shape index (κ3) is 3.82. The molecule has 20 heavy (non-hydrogen) atoms. The number of thiophene rings is 1. The Bertz CT molecular complexity index is 596. The van der Waals surface area contributed by atoms with Gasteiger partial charge in [0.05, 0.1) is 10.4 Å². The van der Waals surface area contributed by atoms with Crippen LogP contribution in [0.4, 0.5) is 5.82 Å². The number of carbonyl (C=O) groups is 1. The number of anilines is 1. The molecule has 0 aliphatic rings. The number of rotatable bonds is 5. The van der Waals surface area contributed by atoms with Crippen LogP contribution in [0.1, 0.15) is 17.6 Å². The van der Waals surface area contributed by atoms with Gasteiger partial charge in [0.2, 0.25) is 5.91 Å². The van der Waals surface area contributed by atoms with Crippen LogP contribution in [-0.4, -0.2) is 29.1 Å². The molecule has 0 aliphatic heterocycles. The lowest BCUT2D eigenvalue weighted by molar-refractivity contribution is -0.120. The molecule has 108 valence electrons. The summed E-state index contributed by atoms with van der Waals surface area (Å²) in [4.78, 5) is 15.2. The average molecular weight is 314 g/mol. The highest BCUT2D eigenvalue weighted by Gasteiger charge is 2.19. The molecule has 0 spiro atoms. The van der Waals surface area contributed by atoms with Crippen LogP contribution in [-0.2, 0) is 11.3 Å². The minimum Gasteiger partial charge on any atom is -0.360 e. The number of likely N-dealkylation sites (N-methyl/N-ethyl adjacent to an activating group) is 1. The van der Waals surface area contributed by atoms with E-state index < -0.39 is 0 Å². The lowest BCUT2D eigenvalue weighted by Gasteiger charge is -2.22. The van der Waals surface area contributed by atoms with E-state index in [0.29, 0.717) is 18.1 Å². The average Bonchev–Trinajstić information content (AvgIpc) is 2.97. The van der Waals surface area contributed by atoms with E-state index in [1.54, 1.807) is 13.0 Å². The molecular formula is C13H16ClN3O2S. The number of hydrogen-bond donors (Lipinski definition) is 1. The van der Waals surface area contributed by atoms with Gasteiger partial charge in [0, 0.05) is 17.5 Å². The van der Waals surface area contributed by atoms with Gasteiger partial charge in [0.15, 0.2) is 5.82 Å². The molecule has 0 aliphatic carbocycles. The zero-order valence-corrected chi connectivity index (χ0v) is 13.1. The van der Waals surface area contributed by atoms with Crippen molar-refractivity contribution in [3.8, 4) is 0 Å². The molecule has 0 bridgehead atoms. The largest absolute Gasteiger partial charge is 0.360 e. The Labute approximate surface area is 126 Å². The molecular weight excluding hydrogens is 298 g/mol. The standard InChI is InChI=1S/C13H16ClN3O2S/c1-8-6-12(16-19-8)15-13(18)9(2)17(3)7-10-4-5-11(14)20-10/h4-6,9H,7H2,1-3H3,(H,15,16,18). The molecule has 2 aromatic heterocycles.